The Kier molecular flexibility index (Phi) is 6.71. The van der Waals surface area contributed by atoms with Gasteiger partial charge >= 0.3 is 0 Å². The maximum atomic E-state index is 12.7. The van der Waals surface area contributed by atoms with E-state index in [1.807, 2.05) is 6.92 Å². The van der Waals surface area contributed by atoms with E-state index >= 15 is 0 Å². The SMILES string of the molecule is Cc1ccc(C(=O)N[C@@H](C)c2ccc(N3CCC[C@H](C)C3)cc2)cc1NS(C)(=O)=O. The second kappa shape index (κ2) is 9.08. The molecule has 162 valence electrons. The number of nitrogens with one attached hydrogen (secondary N) is 2. The fourth-order valence-electron chi connectivity index (χ4n) is 3.83. The highest BCUT2D eigenvalue weighted by Crippen LogP contribution is 2.25. The molecule has 2 aromatic rings. The van der Waals surface area contributed by atoms with Crippen molar-refractivity contribution in [3.05, 3.63) is 59.2 Å². The van der Waals surface area contributed by atoms with Gasteiger partial charge in [-0.25, -0.2) is 8.42 Å². The molecule has 1 heterocycles. The van der Waals surface area contributed by atoms with Gasteiger partial charge < -0.3 is 10.2 Å². The first-order chi connectivity index (χ1) is 14.1. The molecule has 1 amide bonds. The van der Waals surface area contributed by atoms with Crippen molar-refractivity contribution in [3.8, 4) is 0 Å². The number of hydrogen-bond donors (Lipinski definition) is 2. The van der Waals surface area contributed by atoms with E-state index in [4.69, 9.17) is 0 Å². The van der Waals surface area contributed by atoms with E-state index in [0.29, 0.717) is 17.2 Å². The standard InChI is InChI=1S/C23H31N3O3S/c1-16-6-5-13-26(15-16)21-11-9-19(10-12-21)18(3)24-23(27)20-8-7-17(2)22(14-20)25-30(4,28)29/h7-12,14,16,18,25H,5-6,13,15H2,1-4H3,(H,24,27)/t16-,18-/m0/s1. The van der Waals surface area contributed by atoms with Gasteiger partial charge in [0.1, 0.15) is 0 Å². The number of anilines is 2. The molecule has 2 N–H and O–H groups in total. The fourth-order valence-corrected chi connectivity index (χ4v) is 4.45. The van der Waals surface area contributed by atoms with Gasteiger partial charge in [0.2, 0.25) is 10.0 Å². The van der Waals surface area contributed by atoms with Crippen LogP contribution in [-0.4, -0.2) is 33.7 Å². The number of carbonyl (C=O) groups excluding carboxylic acids is 1. The molecule has 0 aromatic heterocycles. The number of amides is 1. The first-order valence-corrected chi connectivity index (χ1v) is 12.3. The summed E-state index contributed by atoms with van der Waals surface area (Å²) in [6.07, 6.45) is 3.61. The summed E-state index contributed by atoms with van der Waals surface area (Å²) in [7, 11) is -3.41. The van der Waals surface area contributed by atoms with Crippen molar-refractivity contribution in [2.45, 2.75) is 39.7 Å². The minimum atomic E-state index is -3.41. The summed E-state index contributed by atoms with van der Waals surface area (Å²) in [6.45, 7) is 8.21. The van der Waals surface area contributed by atoms with Crippen molar-refractivity contribution in [1.29, 1.82) is 0 Å². The van der Waals surface area contributed by atoms with Crippen LogP contribution in [0.4, 0.5) is 11.4 Å². The lowest BCUT2D eigenvalue weighted by molar-refractivity contribution is 0.0940. The van der Waals surface area contributed by atoms with Crippen LogP contribution in [0.1, 0.15) is 54.2 Å². The number of piperidine rings is 1. The van der Waals surface area contributed by atoms with Crippen LogP contribution in [-0.2, 0) is 10.0 Å². The smallest absolute Gasteiger partial charge is 0.251 e. The van der Waals surface area contributed by atoms with Crippen molar-refractivity contribution < 1.29 is 13.2 Å². The van der Waals surface area contributed by atoms with Crippen LogP contribution < -0.4 is 14.9 Å². The molecule has 0 saturated carbocycles. The molecule has 1 saturated heterocycles. The van der Waals surface area contributed by atoms with Crippen molar-refractivity contribution in [2.24, 2.45) is 5.92 Å². The first kappa shape index (κ1) is 22.2. The van der Waals surface area contributed by atoms with Crippen LogP contribution in [0.25, 0.3) is 0 Å². The summed E-state index contributed by atoms with van der Waals surface area (Å²) in [6, 6.07) is 13.2. The Hall–Kier alpha value is -2.54. The van der Waals surface area contributed by atoms with Gasteiger partial charge in [0.05, 0.1) is 18.0 Å². The molecule has 1 aliphatic rings. The number of rotatable bonds is 6. The first-order valence-electron chi connectivity index (χ1n) is 10.4. The van der Waals surface area contributed by atoms with Gasteiger partial charge in [-0.3, -0.25) is 9.52 Å². The fraction of sp³-hybridized carbons (Fsp3) is 0.435. The zero-order valence-electron chi connectivity index (χ0n) is 18.1. The highest BCUT2D eigenvalue weighted by Gasteiger charge is 2.18. The normalized spacial score (nSPS) is 18.0. The Bertz CT molecular complexity index is 1000. The topological polar surface area (TPSA) is 78.5 Å². The van der Waals surface area contributed by atoms with Crippen molar-refractivity contribution in [3.63, 3.8) is 0 Å². The molecule has 1 aliphatic heterocycles. The van der Waals surface area contributed by atoms with E-state index in [-0.39, 0.29) is 11.9 Å². The van der Waals surface area contributed by atoms with Crippen molar-refractivity contribution in [1.82, 2.24) is 5.32 Å². The lowest BCUT2D eigenvalue weighted by Gasteiger charge is -2.33. The molecule has 3 rings (SSSR count). The number of carbonyl (C=O) groups is 1. The second-order valence-corrected chi connectivity index (χ2v) is 10.1. The summed E-state index contributed by atoms with van der Waals surface area (Å²) >= 11 is 0. The molecule has 2 atom stereocenters. The van der Waals surface area contributed by atoms with Gasteiger partial charge in [-0.15, -0.1) is 0 Å². The minimum absolute atomic E-state index is 0.167. The number of nitrogens with zero attached hydrogens (tertiary/aromatic N) is 1. The lowest BCUT2D eigenvalue weighted by atomic mass is 9.99. The van der Waals surface area contributed by atoms with E-state index in [2.05, 4.69) is 46.1 Å². The van der Waals surface area contributed by atoms with Gasteiger partial charge in [0.15, 0.2) is 0 Å². The van der Waals surface area contributed by atoms with Crippen LogP contribution in [0, 0.1) is 12.8 Å². The molecule has 0 aliphatic carbocycles. The highest BCUT2D eigenvalue weighted by molar-refractivity contribution is 7.92. The summed E-state index contributed by atoms with van der Waals surface area (Å²) in [5, 5.41) is 3.00. The maximum Gasteiger partial charge on any atom is 0.251 e. The second-order valence-electron chi connectivity index (χ2n) is 8.38. The average molecular weight is 430 g/mol. The Labute approximate surface area is 179 Å². The molecule has 0 radical (unpaired) electrons. The molecule has 6 nitrogen and oxygen atoms in total. The van der Waals surface area contributed by atoms with Gasteiger partial charge in [-0.1, -0.05) is 25.1 Å². The quantitative estimate of drug-likeness (QED) is 0.725. The van der Waals surface area contributed by atoms with Gasteiger partial charge in [-0.05, 0) is 68.0 Å². The van der Waals surface area contributed by atoms with Gasteiger partial charge in [-0.2, -0.15) is 0 Å². The predicted octanol–water partition coefficient (Wildman–Crippen LogP) is 4.09. The van der Waals surface area contributed by atoms with E-state index in [0.717, 1.165) is 30.5 Å². The molecular formula is C23H31N3O3S. The van der Waals surface area contributed by atoms with E-state index in [1.165, 1.54) is 18.5 Å². The predicted molar refractivity (Wildman–Crippen MR) is 123 cm³/mol. The Balaban J connectivity index is 1.67. The number of sulfonamides is 1. The van der Waals surface area contributed by atoms with E-state index in [1.54, 1.807) is 25.1 Å². The minimum Gasteiger partial charge on any atom is -0.371 e. The third-order valence-electron chi connectivity index (χ3n) is 5.56. The van der Waals surface area contributed by atoms with Crippen LogP contribution in [0.3, 0.4) is 0 Å². The summed E-state index contributed by atoms with van der Waals surface area (Å²) in [4.78, 5) is 15.1. The van der Waals surface area contributed by atoms with Crippen LogP contribution in [0.2, 0.25) is 0 Å². The maximum absolute atomic E-state index is 12.7. The van der Waals surface area contributed by atoms with Crippen molar-refractivity contribution in [2.75, 3.05) is 29.0 Å². The molecule has 1 fully saturated rings. The van der Waals surface area contributed by atoms with Crippen LogP contribution in [0.15, 0.2) is 42.5 Å². The zero-order valence-corrected chi connectivity index (χ0v) is 18.9. The van der Waals surface area contributed by atoms with E-state index < -0.39 is 10.0 Å². The van der Waals surface area contributed by atoms with Crippen LogP contribution >= 0.6 is 0 Å². The summed E-state index contributed by atoms with van der Waals surface area (Å²) in [5.41, 5.74) is 3.83. The zero-order chi connectivity index (χ0) is 21.9. The lowest BCUT2D eigenvalue weighted by Crippen LogP contribution is -2.34. The van der Waals surface area contributed by atoms with E-state index in [9.17, 15) is 13.2 Å². The number of benzene rings is 2. The molecule has 30 heavy (non-hydrogen) atoms. The third kappa shape index (κ3) is 5.75. The molecule has 7 heteroatoms. The molecule has 0 unspecified atom stereocenters. The molecule has 2 aromatic carbocycles. The Morgan fingerprint density at radius 2 is 1.87 bits per heavy atom. The van der Waals surface area contributed by atoms with Gasteiger partial charge in [0, 0.05) is 24.3 Å². The van der Waals surface area contributed by atoms with Gasteiger partial charge in [0.25, 0.3) is 5.91 Å². The third-order valence-corrected chi connectivity index (χ3v) is 6.15. The molecule has 0 bridgehead atoms. The highest BCUT2D eigenvalue weighted by atomic mass is 32.2. The molecule has 0 spiro atoms. The largest absolute Gasteiger partial charge is 0.371 e. The monoisotopic (exact) mass is 429 g/mol. The Morgan fingerprint density at radius 3 is 2.50 bits per heavy atom. The number of aryl methyl sites for hydroxylation is 1. The summed E-state index contributed by atoms with van der Waals surface area (Å²) < 4.78 is 25.5. The Morgan fingerprint density at radius 1 is 1.17 bits per heavy atom. The van der Waals surface area contributed by atoms with Crippen molar-refractivity contribution >= 4 is 27.3 Å². The van der Waals surface area contributed by atoms with Crippen LogP contribution in [0.5, 0.6) is 0 Å². The molecular weight excluding hydrogens is 398 g/mol. The summed E-state index contributed by atoms with van der Waals surface area (Å²) in [5.74, 6) is 0.473. The average Bonchev–Trinajstić information content (AvgIpc) is 2.68. The number of hydrogen-bond acceptors (Lipinski definition) is 4.